The van der Waals surface area contributed by atoms with E-state index in [0.717, 1.165) is 31.9 Å². The highest BCUT2D eigenvalue weighted by molar-refractivity contribution is 5.85. The van der Waals surface area contributed by atoms with E-state index in [1.807, 2.05) is 4.90 Å². The van der Waals surface area contributed by atoms with Crippen molar-refractivity contribution in [3.05, 3.63) is 30.1 Å². The van der Waals surface area contributed by atoms with E-state index in [2.05, 4.69) is 4.90 Å². The second-order valence-corrected chi connectivity index (χ2v) is 4.13. The summed E-state index contributed by atoms with van der Waals surface area (Å²) in [7, 11) is 0. The Morgan fingerprint density at radius 3 is 2.22 bits per heavy atom. The molecule has 1 saturated heterocycles. The Bertz CT molecular complexity index is 392. The van der Waals surface area contributed by atoms with Crippen molar-refractivity contribution in [2.24, 2.45) is 0 Å². The number of carbonyl (C=O) groups is 1. The van der Waals surface area contributed by atoms with Gasteiger partial charge in [-0.25, -0.2) is 4.39 Å². The van der Waals surface area contributed by atoms with Gasteiger partial charge in [0.25, 0.3) is 0 Å². The third kappa shape index (κ3) is 3.85. The van der Waals surface area contributed by atoms with Crippen LogP contribution in [-0.4, -0.2) is 48.7 Å². The highest BCUT2D eigenvalue weighted by Gasteiger charge is 2.18. The number of benzene rings is 1. The van der Waals surface area contributed by atoms with E-state index >= 15 is 0 Å². The summed E-state index contributed by atoms with van der Waals surface area (Å²) in [4.78, 5) is 14.6. The smallest absolute Gasteiger partial charge is 0.317 e. The molecule has 0 spiro atoms. The molecule has 0 aliphatic carbocycles. The molecule has 1 heterocycles. The average Bonchev–Trinajstić information content (AvgIpc) is 2.30. The monoisotopic (exact) mass is 274 g/mol. The molecule has 2 rings (SSSR count). The third-order valence-electron chi connectivity index (χ3n) is 2.92. The summed E-state index contributed by atoms with van der Waals surface area (Å²) in [6.45, 7) is 3.10. The lowest BCUT2D eigenvalue weighted by Gasteiger charge is -2.35. The van der Waals surface area contributed by atoms with E-state index in [1.54, 1.807) is 12.1 Å². The lowest BCUT2D eigenvalue weighted by molar-refractivity contribution is -0.138. The molecule has 0 atom stereocenters. The first-order valence-electron chi connectivity index (χ1n) is 5.60. The molecule has 0 unspecified atom stereocenters. The van der Waals surface area contributed by atoms with Crippen LogP contribution in [0.4, 0.5) is 10.1 Å². The van der Waals surface area contributed by atoms with Crippen molar-refractivity contribution in [2.75, 3.05) is 37.6 Å². The highest BCUT2D eigenvalue weighted by Crippen LogP contribution is 2.16. The molecule has 100 valence electrons. The van der Waals surface area contributed by atoms with Crippen LogP contribution >= 0.6 is 12.4 Å². The Kier molecular flexibility index (Phi) is 5.37. The van der Waals surface area contributed by atoms with Crippen molar-refractivity contribution in [3.63, 3.8) is 0 Å². The first-order chi connectivity index (χ1) is 8.15. The van der Waals surface area contributed by atoms with Gasteiger partial charge in [-0.1, -0.05) is 0 Å². The molecule has 1 aromatic carbocycles. The molecule has 0 saturated carbocycles. The minimum absolute atomic E-state index is 0. The van der Waals surface area contributed by atoms with Gasteiger partial charge in [0.05, 0.1) is 6.54 Å². The molecule has 6 heteroatoms. The van der Waals surface area contributed by atoms with Crippen molar-refractivity contribution in [1.29, 1.82) is 0 Å². The molecular weight excluding hydrogens is 259 g/mol. The summed E-state index contributed by atoms with van der Waals surface area (Å²) < 4.78 is 12.8. The maximum atomic E-state index is 12.8. The van der Waals surface area contributed by atoms with Crippen LogP contribution in [-0.2, 0) is 4.79 Å². The van der Waals surface area contributed by atoms with Gasteiger partial charge in [-0.2, -0.15) is 0 Å². The number of nitrogens with zero attached hydrogens (tertiary/aromatic N) is 2. The van der Waals surface area contributed by atoms with Crippen molar-refractivity contribution >= 4 is 24.1 Å². The second-order valence-electron chi connectivity index (χ2n) is 4.13. The number of carboxylic acid groups (broad SMARTS) is 1. The molecule has 1 aliphatic heterocycles. The van der Waals surface area contributed by atoms with E-state index < -0.39 is 5.97 Å². The van der Waals surface area contributed by atoms with Crippen LogP contribution in [0.5, 0.6) is 0 Å². The second kappa shape index (κ2) is 6.56. The number of aliphatic carboxylic acids is 1. The van der Waals surface area contributed by atoms with Gasteiger partial charge in [0.15, 0.2) is 0 Å². The van der Waals surface area contributed by atoms with Crippen LogP contribution in [0.15, 0.2) is 24.3 Å². The van der Waals surface area contributed by atoms with Crippen molar-refractivity contribution in [2.45, 2.75) is 0 Å². The Labute approximate surface area is 111 Å². The van der Waals surface area contributed by atoms with Gasteiger partial charge < -0.3 is 10.0 Å². The topological polar surface area (TPSA) is 43.8 Å². The summed E-state index contributed by atoms with van der Waals surface area (Å²) in [5.41, 5.74) is 0.987. The number of hydrogen-bond acceptors (Lipinski definition) is 3. The maximum absolute atomic E-state index is 12.8. The van der Waals surface area contributed by atoms with Gasteiger partial charge in [-0.15, -0.1) is 12.4 Å². The molecule has 1 N–H and O–H groups in total. The highest BCUT2D eigenvalue weighted by atomic mass is 35.5. The quantitative estimate of drug-likeness (QED) is 0.906. The molecule has 18 heavy (non-hydrogen) atoms. The van der Waals surface area contributed by atoms with Gasteiger partial charge in [0.1, 0.15) is 5.82 Å². The lowest BCUT2D eigenvalue weighted by Crippen LogP contribution is -2.47. The molecule has 0 amide bonds. The minimum atomic E-state index is -0.791. The number of halogens is 2. The molecule has 1 aliphatic rings. The van der Waals surface area contributed by atoms with E-state index in [0.29, 0.717) is 0 Å². The lowest BCUT2D eigenvalue weighted by atomic mass is 10.2. The van der Waals surface area contributed by atoms with Crippen molar-refractivity contribution in [1.82, 2.24) is 4.90 Å². The van der Waals surface area contributed by atoms with Crippen LogP contribution in [0.2, 0.25) is 0 Å². The van der Waals surface area contributed by atoms with Gasteiger partial charge in [0.2, 0.25) is 0 Å². The number of anilines is 1. The molecule has 0 aromatic heterocycles. The van der Waals surface area contributed by atoms with E-state index in [1.165, 1.54) is 12.1 Å². The van der Waals surface area contributed by atoms with E-state index in [-0.39, 0.29) is 24.8 Å². The van der Waals surface area contributed by atoms with Crippen molar-refractivity contribution in [3.8, 4) is 0 Å². The molecule has 1 fully saturated rings. The Morgan fingerprint density at radius 2 is 1.72 bits per heavy atom. The van der Waals surface area contributed by atoms with Crippen LogP contribution in [0.1, 0.15) is 0 Å². The largest absolute Gasteiger partial charge is 0.480 e. The van der Waals surface area contributed by atoms with Crippen LogP contribution in [0, 0.1) is 5.82 Å². The van der Waals surface area contributed by atoms with Gasteiger partial charge in [-0.05, 0) is 24.3 Å². The number of carboxylic acids is 1. The zero-order valence-corrected chi connectivity index (χ0v) is 10.7. The first-order valence-corrected chi connectivity index (χ1v) is 5.60. The third-order valence-corrected chi connectivity index (χ3v) is 2.92. The normalized spacial score (nSPS) is 16.2. The summed E-state index contributed by atoms with van der Waals surface area (Å²) in [5.74, 6) is -1.03. The Morgan fingerprint density at radius 1 is 1.17 bits per heavy atom. The van der Waals surface area contributed by atoms with Gasteiger partial charge >= 0.3 is 5.97 Å². The Balaban J connectivity index is 0.00000162. The fourth-order valence-electron chi connectivity index (χ4n) is 2.01. The molecule has 4 nitrogen and oxygen atoms in total. The molecule has 0 radical (unpaired) electrons. The van der Waals surface area contributed by atoms with E-state index in [4.69, 9.17) is 5.11 Å². The summed E-state index contributed by atoms with van der Waals surface area (Å²) >= 11 is 0. The van der Waals surface area contributed by atoms with Gasteiger partial charge in [0, 0.05) is 31.9 Å². The number of hydrogen-bond donors (Lipinski definition) is 1. The predicted molar refractivity (Wildman–Crippen MR) is 69.9 cm³/mol. The first kappa shape index (κ1) is 14.7. The van der Waals surface area contributed by atoms with E-state index in [9.17, 15) is 9.18 Å². The molecule has 0 bridgehead atoms. The fourth-order valence-corrected chi connectivity index (χ4v) is 2.01. The van der Waals surface area contributed by atoms with Crippen LogP contribution in [0.3, 0.4) is 0 Å². The van der Waals surface area contributed by atoms with Gasteiger partial charge in [-0.3, -0.25) is 9.69 Å². The average molecular weight is 275 g/mol. The number of rotatable bonds is 3. The fraction of sp³-hybridized carbons (Fsp3) is 0.417. The summed E-state index contributed by atoms with van der Waals surface area (Å²) in [6, 6.07) is 6.39. The zero-order valence-electron chi connectivity index (χ0n) is 9.88. The Hall–Kier alpha value is -1.33. The SMILES string of the molecule is Cl.O=C(O)CN1CCN(c2ccc(F)cc2)CC1. The summed E-state index contributed by atoms with van der Waals surface area (Å²) in [5, 5.41) is 8.68. The van der Waals surface area contributed by atoms with Crippen molar-refractivity contribution < 1.29 is 14.3 Å². The maximum Gasteiger partial charge on any atom is 0.317 e. The van der Waals surface area contributed by atoms with Crippen LogP contribution in [0.25, 0.3) is 0 Å². The molecule has 1 aromatic rings. The molecular formula is C12H16ClFN2O2. The van der Waals surface area contributed by atoms with Crippen LogP contribution < -0.4 is 4.90 Å². The minimum Gasteiger partial charge on any atom is -0.480 e. The standard InChI is InChI=1S/C12H15FN2O2.ClH/c13-10-1-3-11(4-2-10)15-7-5-14(6-8-15)9-12(16)17;/h1-4H,5-9H2,(H,16,17);1H. The summed E-state index contributed by atoms with van der Waals surface area (Å²) in [6.07, 6.45) is 0. The number of piperazine rings is 1. The zero-order chi connectivity index (χ0) is 12.3. The predicted octanol–water partition coefficient (Wildman–Crippen LogP) is 1.45.